The summed E-state index contributed by atoms with van der Waals surface area (Å²) in [6.45, 7) is 2.06. The summed E-state index contributed by atoms with van der Waals surface area (Å²) in [4.78, 5) is 23.4. The molecule has 0 saturated carbocycles. The molecule has 0 spiro atoms. The number of ether oxygens (including phenoxy) is 3. The Morgan fingerprint density at radius 1 is 0.966 bits per heavy atom. The molecule has 1 rings (SSSR count). The number of methoxy groups -OCH3 is 1. The largest absolute Gasteiger partial charge is 0.469 e. The van der Waals surface area contributed by atoms with E-state index in [-0.39, 0.29) is 37.7 Å². The SMILES string of the molecule is CCCCCCCCCCCCCC(=O)OC[C@@]1(CO)CC[C@H](CC(=O)OC)O1. The smallest absolute Gasteiger partial charge is 0.308 e. The Balaban J connectivity index is 2.05. The fourth-order valence-electron chi connectivity index (χ4n) is 3.79. The zero-order valence-corrected chi connectivity index (χ0v) is 18.6. The fraction of sp³-hybridized carbons (Fsp3) is 0.913. The first-order valence-corrected chi connectivity index (χ1v) is 11.6. The van der Waals surface area contributed by atoms with Crippen LogP contribution in [0.25, 0.3) is 0 Å². The van der Waals surface area contributed by atoms with Crippen molar-refractivity contribution >= 4 is 11.9 Å². The third kappa shape index (κ3) is 11.6. The molecule has 0 aromatic rings. The van der Waals surface area contributed by atoms with Crippen LogP contribution in [0.2, 0.25) is 0 Å². The van der Waals surface area contributed by atoms with E-state index >= 15 is 0 Å². The predicted octanol–water partition coefficient (Wildman–Crippen LogP) is 4.70. The molecule has 0 bridgehead atoms. The molecule has 6 nitrogen and oxygen atoms in total. The molecule has 0 unspecified atom stereocenters. The van der Waals surface area contributed by atoms with Crippen LogP contribution in [0.4, 0.5) is 0 Å². The van der Waals surface area contributed by atoms with Crippen LogP contribution in [0.5, 0.6) is 0 Å². The van der Waals surface area contributed by atoms with E-state index in [1.54, 1.807) is 0 Å². The van der Waals surface area contributed by atoms with Crippen molar-refractivity contribution in [2.24, 2.45) is 0 Å². The number of carbonyl (C=O) groups is 2. The maximum atomic E-state index is 12.0. The second-order valence-corrected chi connectivity index (χ2v) is 8.35. The Morgan fingerprint density at radius 2 is 1.55 bits per heavy atom. The van der Waals surface area contributed by atoms with Gasteiger partial charge >= 0.3 is 11.9 Å². The number of rotatable bonds is 17. The van der Waals surface area contributed by atoms with Crippen LogP contribution in [-0.4, -0.2) is 49.1 Å². The summed E-state index contributed by atoms with van der Waals surface area (Å²) in [7, 11) is 1.34. The molecule has 29 heavy (non-hydrogen) atoms. The van der Waals surface area contributed by atoms with Crippen molar-refractivity contribution < 1.29 is 28.9 Å². The van der Waals surface area contributed by atoms with Crippen molar-refractivity contribution in [2.45, 2.75) is 115 Å². The summed E-state index contributed by atoms with van der Waals surface area (Å²) in [5.41, 5.74) is -0.883. The first kappa shape index (κ1) is 25.9. The summed E-state index contributed by atoms with van der Waals surface area (Å²) in [6.07, 6.45) is 15.1. The molecular formula is C23H42O6. The van der Waals surface area contributed by atoms with Gasteiger partial charge in [0.15, 0.2) is 0 Å². The Bertz CT molecular complexity index is 453. The van der Waals surface area contributed by atoms with Crippen LogP contribution < -0.4 is 0 Å². The first-order chi connectivity index (χ1) is 14.0. The van der Waals surface area contributed by atoms with Crippen LogP contribution in [0.15, 0.2) is 0 Å². The molecule has 2 atom stereocenters. The van der Waals surface area contributed by atoms with E-state index < -0.39 is 5.60 Å². The lowest BCUT2D eigenvalue weighted by Crippen LogP contribution is -2.40. The summed E-state index contributed by atoms with van der Waals surface area (Å²) in [5.74, 6) is -0.578. The van der Waals surface area contributed by atoms with E-state index in [2.05, 4.69) is 11.7 Å². The van der Waals surface area contributed by atoms with Gasteiger partial charge in [0.05, 0.1) is 26.2 Å². The van der Waals surface area contributed by atoms with Crippen LogP contribution in [0.3, 0.4) is 0 Å². The van der Waals surface area contributed by atoms with Crippen molar-refractivity contribution in [3.8, 4) is 0 Å². The molecular weight excluding hydrogens is 372 g/mol. The average molecular weight is 415 g/mol. The van der Waals surface area contributed by atoms with Crippen LogP contribution in [0, 0.1) is 0 Å². The Hall–Kier alpha value is -1.14. The monoisotopic (exact) mass is 414 g/mol. The first-order valence-electron chi connectivity index (χ1n) is 11.6. The lowest BCUT2D eigenvalue weighted by atomic mass is 10.0. The minimum Gasteiger partial charge on any atom is -0.469 e. The minimum absolute atomic E-state index is 0.0397. The molecule has 1 aliphatic rings. The van der Waals surface area contributed by atoms with Gasteiger partial charge in [-0.15, -0.1) is 0 Å². The molecule has 0 aliphatic carbocycles. The number of aliphatic hydroxyl groups excluding tert-OH is 1. The van der Waals surface area contributed by atoms with Crippen molar-refractivity contribution in [3.63, 3.8) is 0 Å². The highest BCUT2D eigenvalue weighted by Crippen LogP contribution is 2.32. The highest BCUT2D eigenvalue weighted by atomic mass is 16.6. The summed E-state index contributed by atoms with van der Waals surface area (Å²) < 4.78 is 15.8. The van der Waals surface area contributed by atoms with Gasteiger partial charge in [-0.2, -0.15) is 0 Å². The third-order valence-electron chi connectivity index (χ3n) is 5.73. The topological polar surface area (TPSA) is 82.1 Å². The van der Waals surface area contributed by atoms with Gasteiger partial charge < -0.3 is 19.3 Å². The third-order valence-corrected chi connectivity index (χ3v) is 5.73. The maximum Gasteiger partial charge on any atom is 0.308 e. The van der Waals surface area contributed by atoms with E-state index in [1.165, 1.54) is 64.9 Å². The van der Waals surface area contributed by atoms with Gasteiger partial charge in [0.1, 0.15) is 12.2 Å². The van der Waals surface area contributed by atoms with Crippen molar-refractivity contribution in [3.05, 3.63) is 0 Å². The fourth-order valence-corrected chi connectivity index (χ4v) is 3.79. The summed E-state index contributed by atoms with van der Waals surface area (Å²) >= 11 is 0. The molecule has 170 valence electrons. The Morgan fingerprint density at radius 3 is 2.10 bits per heavy atom. The second-order valence-electron chi connectivity index (χ2n) is 8.35. The lowest BCUT2D eigenvalue weighted by molar-refractivity contribution is -0.162. The molecule has 0 radical (unpaired) electrons. The van der Waals surface area contributed by atoms with Gasteiger partial charge in [0, 0.05) is 6.42 Å². The van der Waals surface area contributed by atoms with E-state index in [4.69, 9.17) is 9.47 Å². The van der Waals surface area contributed by atoms with Crippen molar-refractivity contribution in [1.82, 2.24) is 0 Å². The van der Waals surface area contributed by atoms with Crippen LogP contribution in [0.1, 0.15) is 103 Å². The molecule has 0 amide bonds. The molecule has 1 N–H and O–H groups in total. The van der Waals surface area contributed by atoms with Gasteiger partial charge in [0.2, 0.25) is 0 Å². The maximum absolute atomic E-state index is 12.0. The molecule has 1 fully saturated rings. The zero-order chi connectivity index (χ0) is 21.4. The number of hydrogen-bond acceptors (Lipinski definition) is 6. The van der Waals surface area contributed by atoms with E-state index in [0.29, 0.717) is 19.3 Å². The van der Waals surface area contributed by atoms with Gasteiger partial charge in [-0.05, 0) is 19.3 Å². The molecule has 0 aromatic carbocycles. The predicted molar refractivity (Wildman–Crippen MR) is 113 cm³/mol. The van der Waals surface area contributed by atoms with Crippen LogP contribution >= 0.6 is 0 Å². The lowest BCUT2D eigenvalue weighted by Gasteiger charge is -2.26. The second kappa shape index (κ2) is 15.7. The molecule has 6 heteroatoms. The standard InChI is InChI=1S/C23H42O6/c1-3-4-5-6-7-8-9-10-11-12-13-14-21(25)28-19-23(18-24)16-15-20(29-23)17-22(26)27-2/h20,24H,3-19H2,1-2H3/t20-,23+/m1/s1. The Labute approximate surface area is 176 Å². The minimum atomic E-state index is -0.883. The number of carbonyl (C=O) groups excluding carboxylic acids is 2. The van der Waals surface area contributed by atoms with Gasteiger partial charge in [0.25, 0.3) is 0 Å². The summed E-state index contributed by atoms with van der Waals surface area (Å²) in [6, 6.07) is 0. The highest BCUT2D eigenvalue weighted by Gasteiger charge is 2.41. The molecule has 1 aliphatic heterocycles. The van der Waals surface area contributed by atoms with Crippen LogP contribution in [-0.2, 0) is 23.8 Å². The van der Waals surface area contributed by atoms with Gasteiger partial charge in [-0.1, -0.05) is 71.1 Å². The molecule has 1 heterocycles. The highest BCUT2D eigenvalue weighted by molar-refractivity contribution is 5.70. The quantitative estimate of drug-likeness (QED) is 0.274. The van der Waals surface area contributed by atoms with E-state index in [0.717, 1.165) is 12.8 Å². The normalized spacial score (nSPS) is 21.3. The average Bonchev–Trinajstić information content (AvgIpc) is 3.13. The Kier molecular flexibility index (Phi) is 14.0. The molecule has 0 aromatic heterocycles. The van der Waals surface area contributed by atoms with Crippen molar-refractivity contribution in [2.75, 3.05) is 20.3 Å². The zero-order valence-electron chi connectivity index (χ0n) is 18.6. The van der Waals surface area contributed by atoms with Gasteiger partial charge in [-0.3, -0.25) is 9.59 Å². The number of hydrogen-bond donors (Lipinski definition) is 1. The number of esters is 2. The van der Waals surface area contributed by atoms with E-state index in [1.807, 2.05) is 0 Å². The van der Waals surface area contributed by atoms with Crippen molar-refractivity contribution in [1.29, 1.82) is 0 Å². The van der Waals surface area contributed by atoms with Gasteiger partial charge in [-0.25, -0.2) is 0 Å². The molecule has 1 saturated heterocycles. The van der Waals surface area contributed by atoms with E-state index in [9.17, 15) is 14.7 Å². The summed E-state index contributed by atoms with van der Waals surface area (Å²) in [5, 5.41) is 9.68. The number of unbranched alkanes of at least 4 members (excludes halogenated alkanes) is 10. The number of aliphatic hydroxyl groups is 1.